The predicted octanol–water partition coefficient (Wildman–Crippen LogP) is 1.58. The Labute approximate surface area is 135 Å². The minimum absolute atomic E-state index is 0. The summed E-state index contributed by atoms with van der Waals surface area (Å²) in [5.74, 6) is 0.429. The van der Waals surface area contributed by atoms with Gasteiger partial charge in [0.05, 0.1) is 5.56 Å². The largest absolute Gasteiger partial charge is 0.348 e. The van der Waals surface area contributed by atoms with Gasteiger partial charge in [0.2, 0.25) is 0 Å². The van der Waals surface area contributed by atoms with Gasteiger partial charge in [-0.25, -0.2) is 4.98 Å². The second kappa shape index (κ2) is 7.06. The third-order valence-electron chi connectivity index (χ3n) is 3.62. The highest BCUT2D eigenvalue weighted by molar-refractivity contribution is 5.97. The number of amides is 1. The molecule has 0 spiro atoms. The molecule has 0 saturated heterocycles. The number of nitrogens with zero attached hydrogens (tertiary/aromatic N) is 2. The van der Waals surface area contributed by atoms with Gasteiger partial charge >= 0.3 is 0 Å². The quantitative estimate of drug-likeness (QED) is 0.792. The molecule has 1 aliphatic carbocycles. The Hall–Kier alpha value is -1.37. The lowest BCUT2D eigenvalue weighted by atomic mass is 10.1. The molecule has 1 fully saturated rings. The van der Waals surface area contributed by atoms with E-state index in [9.17, 15) is 4.79 Å². The summed E-state index contributed by atoms with van der Waals surface area (Å²) in [5.41, 5.74) is 7.79. The number of pyridine rings is 1. The summed E-state index contributed by atoms with van der Waals surface area (Å²) in [7, 11) is 0. The maximum Gasteiger partial charge on any atom is 0.253 e. The van der Waals surface area contributed by atoms with Crippen molar-refractivity contribution in [2.24, 2.45) is 11.7 Å². The number of hydrogen-bond acceptors (Lipinski definition) is 4. The molecule has 1 saturated carbocycles. The minimum Gasteiger partial charge on any atom is -0.348 e. The second-order valence-electron chi connectivity index (χ2n) is 5.10. The van der Waals surface area contributed by atoms with E-state index in [-0.39, 0.29) is 36.8 Å². The van der Waals surface area contributed by atoms with E-state index in [0.717, 1.165) is 23.9 Å². The number of fused-ring (bicyclic) bond motifs is 1. The van der Waals surface area contributed by atoms with E-state index in [1.807, 2.05) is 13.0 Å². The van der Waals surface area contributed by atoms with E-state index in [2.05, 4.69) is 20.5 Å². The topological polar surface area (TPSA) is 96.7 Å². The van der Waals surface area contributed by atoms with Crippen molar-refractivity contribution in [3.05, 3.63) is 23.5 Å². The van der Waals surface area contributed by atoms with Crippen LogP contribution in [0.4, 0.5) is 0 Å². The molecule has 0 aliphatic heterocycles. The fourth-order valence-electron chi connectivity index (χ4n) is 2.26. The fraction of sp³-hybridized carbons (Fsp3) is 0.462. The fourth-order valence-corrected chi connectivity index (χ4v) is 2.26. The molecule has 2 heterocycles. The molecule has 116 valence electrons. The average Bonchev–Trinajstić information content (AvgIpc) is 3.20. The highest BCUT2D eigenvalue weighted by Gasteiger charge is 2.31. The van der Waals surface area contributed by atoms with Crippen LogP contribution < -0.4 is 11.1 Å². The third kappa shape index (κ3) is 3.64. The molecule has 1 unspecified atom stereocenters. The van der Waals surface area contributed by atoms with Crippen LogP contribution in [-0.2, 0) is 0 Å². The molecule has 21 heavy (non-hydrogen) atoms. The number of nitrogens with one attached hydrogen (secondary N) is 2. The number of hydrogen-bond donors (Lipinski definition) is 3. The Morgan fingerprint density at radius 2 is 2.24 bits per heavy atom. The van der Waals surface area contributed by atoms with Crippen molar-refractivity contribution in [1.82, 2.24) is 20.5 Å². The summed E-state index contributed by atoms with van der Waals surface area (Å²) >= 11 is 0. The zero-order valence-electron chi connectivity index (χ0n) is 11.6. The van der Waals surface area contributed by atoms with Crippen LogP contribution in [0.15, 0.2) is 12.3 Å². The van der Waals surface area contributed by atoms with Crippen molar-refractivity contribution in [1.29, 1.82) is 0 Å². The van der Waals surface area contributed by atoms with Crippen LogP contribution in [0.25, 0.3) is 11.0 Å². The zero-order chi connectivity index (χ0) is 13.4. The van der Waals surface area contributed by atoms with Gasteiger partial charge in [-0.05, 0) is 31.7 Å². The van der Waals surface area contributed by atoms with E-state index >= 15 is 0 Å². The monoisotopic (exact) mass is 331 g/mol. The zero-order valence-corrected chi connectivity index (χ0v) is 13.3. The van der Waals surface area contributed by atoms with Crippen LogP contribution >= 0.6 is 24.8 Å². The summed E-state index contributed by atoms with van der Waals surface area (Å²) in [5, 5.41) is 10.8. The van der Waals surface area contributed by atoms with Crippen LogP contribution in [0, 0.1) is 12.8 Å². The average molecular weight is 332 g/mol. The molecule has 0 aromatic carbocycles. The molecule has 6 nitrogen and oxygen atoms in total. The van der Waals surface area contributed by atoms with Crippen LogP contribution in [0.2, 0.25) is 0 Å². The number of aromatic amines is 1. The molecule has 1 aliphatic rings. The second-order valence-corrected chi connectivity index (χ2v) is 5.10. The van der Waals surface area contributed by atoms with E-state index < -0.39 is 0 Å². The Bertz CT molecular complexity index is 626. The molecular weight excluding hydrogens is 313 g/mol. The number of rotatable bonds is 4. The molecule has 0 bridgehead atoms. The number of nitrogens with two attached hydrogens (primary N) is 1. The van der Waals surface area contributed by atoms with Crippen LogP contribution in [0.3, 0.4) is 0 Å². The number of aryl methyl sites for hydroxylation is 1. The van der Waals surface area contributed by atoms with Gasteiger partial charge in [-0.2, -0.15) is 5.10 Å². The van der Waals surface area contributed by atoms with Crippen molar-refractivity contribution >= 4 is 41.8 Å². The SMILES string of the molecule is Cc1[nH]nc2ncc(C(=O)NC(CN)C3CC3)cc12.Cl.Cl. The van der Waals surface area contributed by atoms with Crippen molar-refractivity contribution in [2.45, 2.75) is 25.8 Å². The third-order valence-corrected chi connectivity index (χ3v) is 3.62. The van der Waals surface area contributed by atoms with Crippen LogP contribution in [-0.4, -0.2) is 33.7 Å². The van der Waals surface area contributed by atoms with Gasteiger partial charge in [-0.1, -0.05) is 0 Å². The number of carbonyl (C=O) groups is 1. The summed E-state index contributed by atoms with van der Waals surface area (Å²) in [6.45, 7) is 2.39. The normalized spacial score (nSPS) is 15.0. The molecule has 0 radical (unpaired) electrons. The number of H-pyrrole nitrogens is 1. The number of carbonyl (C=O) groups excluding carboxylic acids is 1. The first-order valence-corrected chi connectivity index (χ1v) is 6.50. The summed E-state index contributed by atoms with van der Waals surface area (Å²) in [6.07, 6.45) is 3.86. The highest BCUT2D eigenvalue weighted by Crippen LogP contribution is 2.32. The van der Waals surface area contributed by atoms with Crippen molar-refractivity contribution < 1.29 is 4.79 Å². The Morgan fingerprint density at radius 1 is 1.52 bits per heavy atom. The van der Waals surface area contributed by atoms with E-state index in [1.54, 1.807) is 6.20 Å². The molecule has 3 rings (SSSR count). The Morgan fingerprint density at radius 3 is 2.86 bits per heavy atom. The number of halogens is 2. The van der Waals surface area contributed by atoms with Gasteiger partial charge in [-0.3, -0.25) is 9.89 Å². The standard InChI is InChI=1S/C13H17N5O.2ClH/c1-7-10-4-9(6-15-12(10)18-17-7)13(19)16-11(5-14)8-2-3-8;;/h4,6,8,11H,2-3,5,14H2,1H3,(H,16,19)(H,15,17,18);2*1H. The first-order valence-electron chi connectivity index (χ1n) is 6.50. The molecule has 2 aromatic heterocycles. The van der Waals surface area contributed by atoms with Gasteiger partial charge in [0, 0.05) is 29.9 Å². The minimum atomic E-state index is -0.114. The van der Waals surface area contributed by atoms with E-state index in [4.69, 9.17) is 5.73 Å². The number of aromatic nitrogens is 3. The first-order chi connectivity index (χ1) is 9.19. The van der Waals surface area contributed by atoms with Crippen molar-refractivity contribution in [3.63, 3.8) is 0 Å². The molecule has 2 aromatic rings. The van der Waals surface area contributed by atoms with Gasteiger partial charge in [0.15, 0.2) is 5.65 Å². The van der Waals surface area contributed by atoms with Crippen LogP contribution in [0.1, 0.15) is 28.9 Å². The van der Waals surface area contributed by atoms with Crippen molar-refractivity contribution in [3.8, 4) is 0 Å². The summed E-state index contributed by atoms with van der Waals surface area (Å²) < 4.78 is 0. The first kappa shape index (κ1) is 17.7. The molecule has 4 N–H and O–H groups in total. The highest BCUT2D eigenvalue weighted by atomic mass is 35.5. The predicted molar refractivity (Wildman–Crippen MR) is 86.2 cm³/mol. The lowest BCUT2D eigenvalue weighted by Crippen LogP contribution is -2.41. The molecule has 1 atom stereocenters. The summed E-state index contributed by atoms with van der Waals surface area (Å²) in [6, 6.07) is 1.89. The lowest BCUT2D eigenvalue weighted by Gasteiger charge is -2.15. The van der Waals surface area contributed by atoms with Crippen LogP contribution in [0.5, 0.6) is 0 Å². The van der Waals surface area contributed by atoms with Gasteiger partial charge < -0.3 is 11.1 Å². The molecular formula is C13H19Cl2N5O. The maximum atomic E-state index is 12.2. The molecule has 8 heteroatoms. The van der Waals surface area contributed by atoms with E-state index in [0.29, 0.717) is 23.7 Å². The maximum absolute atomic E-state index is 12.2. The van der Waals surface area contributed by atoms with Gasteiger partial charge in [0.25, 0.3) is 5.91 Å². The van der Waals surface area contributed by atoms with Gasteiger partial charge in [-0.15, -0.1) is 24.8 Å². The Kier molecular flexibility index (Phi) is 5.95. The van der Waals surface area contributed by atoms with E-state index in [1.165, 1.54) is 0 Å². The lowest BCUT2D eigenvalue weighted by molar-refractivity contribution is 0.0933. The van der Waals surface area contributed by atoms with Gasteiger partial charge in [0.1, 0.15) is 0 Å². The summed E-state index contributed by atoms with van der Waals surface area (Å²) in [4.78, 5) is 16.4. The Balaban J connectivity index is 0.00000110. The van der Waals surface area contributed by atoms with Crippen molar-refractivity contribution in [2.75, 3.05) is 6.54 Å². The smallest absolute Gasteiger partial charge is 0.253 e. The molecule has 1 amide bonds.